The van der Waals surface area contributed by atoms with Crippen molar-refractivity contribution in [1.82, 2.24) is 0 Å². The number of allylic oxidation sites excluding steroid dienone is 1. The number of hydrogen-bond acceptors (Lipinski definition) is 3. The minimum absolute atomic E-state index is 0.224. The summed E-state index contributed by atoms with van der Waals surface area (Å²) in [6.07, 6.45) is 4.25. The third kappa shape index (κ3) is 2.58. The molecule has 1 aromatic rings. The van der Waals surface area contributed by atoms with Crippen molar-refractivity contribution in [3.8, 4) is 5.75 Å². The van der Waals surface area contributed by atoms with E-state index in [1.165, 1.54) is 43.8 Å². The molecule has 1 rings (SSSR count). The summed E-state index contributed by atoms with van der Waals surface area (Å²) in [5, 5.41) is 0. The van der Waals surface area contributed by atoms with Gasteiger partial charge in [0.1, 0.15) is 17.3 Å². The molecule has 4 heteroatoms. The fourth-order valence-electron chi connectivity index (χ4n) is 0.891. The topological polar surface area (TPSA) is 47.6 Å². The molecular formula is C10H11FN2O. The maximum absolute atomic E-state index is 13.1. The molecule has 1 aromatic carbocycles. The van der Waals surface area contributed by atoms with Gasteiger partial charge < -0.3 is 10.5 Å². The van der Waals surface area contributed by atoms with E-state index < -0.39 is 5.82 Å². The quantitative estimate of drug-likeness (QED) is 0.748. The number of methoxy groups -OCH3 is 1. The Labute approximate surface area is 81.7 Å². The van der Waals surface area contributed by atoms with Gasteiger partial charge in [-0.3, -0.25) is 4.99 Å². The second-order valence-corrected chi connectivity index (χ2v) is 2.48. The number of benzene rings is 1. The van der Waals surface area contributed by atoms with Crippen LogP contribution in [0.15, 0.2) is 35.5 Å². The van der Waals surface area contributed by atoms with Crippen molar-refractivity contribution < 1.29 is 9.13 Å². The molecule has 2 N–H and O–H groups in total. The minimum Gasteiger partial charge on any atom is -0.497 e. The molecule has 0 aliphatic heterocycles. The average Bonchev–Trinajstić information content (AvgIpc) is 2.21. The first-order valence-electron chi connectivity index (χ1n) is 4.02. The number of ether oxygens (including phenoxy) is 1. The van der Waals surface area contributed by atoms with Crippen LogP contribution in [0.1, 0.15) is 0 Å². The third-order valence-corrected chi connectivity index (χ3v) is 1.56. The van der Waals surface area contributed by atoms with Crippen molar-refractivity contribution in [1.29, 1.82) is 0 Å². The van der Waals surface area contributed by atoms with Gasteiger partial charge in [-0.2, -0.15) is 0 Å². The van der Waals surface area contributed by atoms with E-state index >= 15 is 0 Å². The Morgan fingerprint density at radius 1 is 1.50 bits per heavy atom. The van der Waals surface area contributed by atoms with Crippen LogP contribution >= 0.6 is 0 Å². The standard InChI is InChI=1S/C10H11FN2O/c1-14-8-3-4-9(11)10(7-8)13-6-2-5-12/h2-7H,12H2,1H3/b5-2-,13-6?. The average molecular weight is 194 g/mol. The van der Waals surface area contributed by atoms with Gasteiger partial charge in [-0.25, -0.2) is 4.39 Å². The van der Waals surface area contributed by atoms with Gasteiger partial charge in [-0.1, -0.05) is 0 Å². The monoisotopic (exact) mass is 194 g/mol. The number of hydrogen-bond donors (Lipinski definition) is 1. The molecule has 0 aliphatic carbocycles. The van der Waals surface area contributed by atoms with Crippen LogP contribution in [0.4, 0.5) is 10.1 Å². The van der Waals surface area contributed by atoms with Crippen LogP contribution in [0, 0.1) is 5.82 Å². The van der Waals surface area contributed by atoms with E-state index in [1.807, 2.05) is 0 Å². The van der Waals surface area contributed by atoms with Gasteiger partial charge in [0.2, 0.25) is 0 Å². The molecular weight excluding hydrogens is 183 g/mol. The normalized spacial score (nSPS) is 11.3. The van der Waals surface area contributed by atoms with Crippen LogP contribution in [-0.2, 0) is 0 Å². The van der Waals surface area contributed by atoms with Gasteiger partial charge in [0.15, 0.2) is 0 Å². The highest BCUT2D eigenvalue weighted by atomic mass is 19.1. The minimum atomic E-state index is -0.396. The van der Waals surface area contributed by atoms with E-state index in [0.29, 0.717) is 5.75 Å². The molecule has 0 aromatic heterocycles. The highest BCUT2D eigenvalue weighted by Gasteiger charge is 2.00. The molecule has 14 heavy (non-hydrogen) atoms. The molecule has 0 radical (unpaired) electrons. The van der Waals surface area contributed by atoms with Crippen molar-refractivity contribution in [2.24, 2.45) is 10.7 Å². The predicted molar refractivity (Wildman–Crippen MR) is 54.4 cm³/mol. The lowest BCUT2D eigenvalue weighted by Crippen LogP contribution is -1.84. The first-order chi connectivity index (χ1) is 6.77. The summed E-state index contributed by atoms with van der Waals surface area (Å²) >= 11 is 0. The summed E-state index contributed by atoms with van der Waals surface area (Å²) in [4.78, 5) is 3.86. The second kappa shape index (κ2) is 5.01. The lowest BCUT2D eigenvalue weighted by Gasteiger charge is -2.00. The fraction of sp³-hybridized carbons (Fsp3) is 0.100. The van der Waals surface area contributed by atoms with Crippen molar-refractivity contribution in [2.45, 2.75) is 0 Å². The Hall–Kier alpha value is -1.84. The Morgan fingerprint density at radius 3 is 2.93 bits per heavy atom. The lowest BCUT2D eigenvalue weighted by molar-refractivity contribution is 0.414. The summed E-state index contributed by atoms with van der Waals surface area (Å²) in [6, 6.07) is 4.35. The van der Waals surface area contributed by atoms with Crippen LogP contribution in [0.3, 0.4) is 0 Å². The third-order valence-electron chi connectivity index (χ3n) is 1.56. The van der Waals surface area contributed by atoms with Crippen molar-refractivity contribution >= 4 is 11.9 Å². The lowest BCUT2D eigenvalue weighted by atomic mass is 10.3. The van der Waals surface area contributed by atoms with E-state index in [2.05, 4.69) is 4.99 Å². The maximum Gasteiger partial charge on any atom is 0.149 e. The maximum atomic E-state index is 13.1. The fourth-order valence-corrected chi connectivity index (χ4v) is 0.891. The number of nitrogens with zero attached hydrogens (tertiary/aromatic N) is 1. The summed E-state index contributed by atoms with van der Waals surface area (Å²) in [7, 11) is 1.51. The van der Waals surface area contributed by atoms with Crippen molar-refractivity contribution in [2.75, 3.05) is 7.11 Å². The largest absolute Gasteiger partial charge is 0.497 e. The van der Waals surface area contributed by atoms with E-state index in [0.717, 1.165) is 0 Å². The van der Waals surface area contributed by atoms with Crippen LogP contribution < -0.4 is 10.5 Å². The predicted octanol–water partition coefficient (Wildman–Crippen LogP) is 2.01. The molecule has 0 saturated carbocycles. The Bertz CT molecular complexity index is 361. The van der Waals surface area contributed by atoms with Crippen molar-refractivity contribution in [3.63, 3.8) is 0 Å². The molecule has 74 valence electrons. The second-order valence-electron chi connectivity index (χ2n) is 2.48. The molecule has 0 atom stereocenters. The molecule has 3 nitrogen and oxygen atoms in total. The first kappa shape index (κ1) is 10.2. The number of aliphatic imine (C=N–C) groups is 1. The molecule has 0 heterocycles. The van der Waals surface area contributed by atoms with Gasteiger partial charge in [0.05, 0.1) is 7.11 Å². The van der Waals surface area contributed by atoms with E-state index in [4.69, 9.17) is 10.5 Å². The zero-order valence-electron chi connectivity index (χ0n) is 7.77. The Kier molecular flexibility index (Phi) is 3.67. The van der Waals surface area contributed by atoms with Gasteiger partial charge in [0, 0.05) is 12.3 Å². The van der Waals surface area contributed by atoms with Gasteiger partial charge in [-0.15, -0.1) is 0 Å². The number of rotatable bonds is 3. The zero-order chi connectivity index (χ0) is 10.4. The number of nitrogens with two attached hydrogens (primary N) is 1. The smallest absolute Gasteiger partial charge is 0.149 e. The van der Waals surface area contributed by atoms with Crippen LogP contribution in [0.2, 0.25) is 0 Å². The summed E-state index contributed by atoms with van der Waals surface area (Å²) in [5.74, 6) is 0.169. The molecule has 0 spiro atoms. The van der Waals surface area contributed by atoms with Crippen LogP contribution in [-0.4, -0.2) is 13.3 Å². The Morgan fingerprint density at radius 2 is 2.29 bits per heavy atom. The first-order valence-corrected chi connectivity index (χ1v) is 4.02. The molecule has 0 amide bonds. The highest BCUT2D eigenvalue weighted by molar-refractivity contribution is 5.74. The highest BCUT2D eigenvalue weighted by Crippen LogP contribution is 2.23. The van der Waals surface area contributed by atoms with Crippen molar-refractivity contribution in [3.05, 3.63) is 36.3 Å². The van der Waals surface area contributed by atoms with E-state index in [1.54, 1.807) is 0 Å². The molecule has 0 aliphatic rings. The molecule has 0 bridgehead atoms. The zero-order valence-corrected chi connectivity index (χ0v) is 7.77. The summed E-state index contributed by atoms with van der Waals surface area (Å²) in [6.45, 7) is 0. The number of halogens is 1. The van der Waals surface area contributed by atoms with Gasteiger partial charge in [0.25, 0.3) is 0 Å². The molecule has 0 saturated heterocycles. The van der Waals surface area contributed by atoms with Gasteiger partial charge >= 0.3 is 0 Å². The van der Waals surface area contributed by atoms with Crippen LogP contribution in [0.25, 0.3) is 0 Å². The van der Waals surface area contributed by atoms with E-state index in [9.17, 15) is 4.39 Å². The summed E-state index contributed by atoms with van der Waals surface area (Å²) < 4.78 is 18.0. The van der Waals surface area contributed by atoms with Gasteiger partial charge in [-0.05, 0) is 24.4 Å². The molecule has 0 fully saturated rings. The van der Waals surface area contributed by atoms with Crippen LogP contribution in [0.5, 0.6) is 5.75 Å². The van der Waals surface area contributed by atoms with E-state index in [-0.39, 0.29) is 5.69 Å². The summed E-state index contributed by atoms with van der Waals surface area (Å²) in [5.41, 5.74) is 5.32. The Balaban J connectivity index is 2.94. The molecule has 0 unspecified atom stereocenters. The SMILES string of the molecule is COc1ccc(F)c(N=C/C=C\N)c1.